The maximum atomic E-state index is 12.7. The van der Waals surface area contributed by atoms with Gasteiger partial charge in [0.25, 0.3) is 0 Å². The molecular formula is C17H26F3N. The highest BCUT2D eigenvalue weighted by molar-refractivity contribution is 5.35. The third-order valence-electron chi connectivity index (χ3n) is 3.90. The molecule has 1 rings (SSSR count). The highest BCUT2D eigenvalue weighted by Gasteiger charge is 2.31. The largest absolute Gasteiger partial charge is 0.416 e. The highest BCUT2D eigenvalue weighted by Crippen LogP contribution is 2.33. The van der Waals surface area contributed by atoms with Gasteiger partial charge in [-0.3, -0.25) is 0 Å². The Balaban J connectivity index is 2.85. The number of benzene rings is 1. The molecule has 0 bridgehead atoms. The molecule has 1 N–H and O–H groups in total. The second-order valence-electron chi connectivity index (χ2n) is 6.97. The molecule has 0 fully saturated rings. The summed E-state index contributed by atoms with van der Waals surface area (Å²) < 4.78 is 38.1. The first kappa shape index (κ1) is 18.0. The highest BCUT2D eigenvalue weighted by atomic mass is 19.4. The van der Waals surface area contributed by atoms with Crippen molar-refractivity contribution in [3.63, 3.8) is 0 Å². The zero-order chi connectivity index (χ0) is 16.4. The van der Waals surface area contributed by atoms with Crippen molar-refractivity contribution in [3.05, 3.63) is 34.9 Å². The zero-order valence-electron chi connectivity index (χ0n) is 13.7. The van der Waals surface area contributed by atoms with E-state index in [2.05, 4.69) is 39.9 Å². The molecule has 2 unspecified atom stereocenters. The van der Waals surface area contributed by atoms with Crippen molar-refractivity contribution < 1.29 is 13.2 Å². The minimum Gasteiger partial charge on any atom is -0.312 e. The van der Waals surface area contributed by atoms with E-state index < -0.39 is 11.7 Å². The quantitative estimate of drug-likeness (QED) is 0.811. The summed E-state index contributed by atoms with van der Waals surface area (Å²) in [6, 6.07) is 4.05. The summed E-state index contributed by atoms with van der Waals surface area (Å²) in [6.07, 6.45) is -4.27. The van der Waals surface area contributed by atoms with Gasteiger partial charge in [-0.1, -0.05) is 19.9 Å². The standard InChI is InChI=1S/C17H26F3N/c1-11-9-14(17(18,19)20)7-8-15(11)13(3)12(2)10-21-16(4,5)6/h7-9,12-13,21H,10H2,1-6H3. The molecule has 1 nitrogen and oxygen atoms in total. The lowest BCUT2D eigenvalue weighted by atomic mass is 9.85. The minimum absolute atomic E-state index is 0.0448. The van der Waals surface area contributed by atoms with Crippen LogP contribution in [-0.2, 0) is 6.18 Å². The second-order valence-corrected chi connectivity index (χ2v) is 6.97. The van der Waals surface area contributed by atoms with Gasteiger partial charge in [0.05, 0.1) is 5.56 Å². The van der Waals surface area contributed by atoms with Crippen LogP contribution in [0.4, 0.5) is 13.2 Å². The van der Waals surface area contributed by atoms with Gasteiger partial charge in [0.2, 0.25) is 0 Å². The second kappa shape index (κ2) is 6.39. The molecule has 0 aromatic heterocycles. The first-order valence-electron chi connectivity index (χ1n) is 7.34. The third-order valence-corrected chi connectivity index (χ3v) is 3.90. The molecule has 21 heavy (non-hydrogen) atoms. The molecule has 0 amide bonds. The number of aryl methyl sites for hydroxylation is 1. The number of hydrogen-bond acceptors (Lipinski definition) is 1. The Labute approximate surface area is 125 Å². The number of halogens is 3. The van der Waals surface area contributed by atoms with Gasteiger partial charge in [0.15, 0.2) is 0 Å². The van der Waals surface area contributed by atoms with Crippen LogP contribution < -0.4 is 5.32 Å². The van der Waals surface area contributed by atoms with Crippen molar-refractivity contribution in [2.75, 3.05) is 6.54 Å². The van der Waals surface area contributed by atoms with Crippen LogP contribution in [0.15, 0.2) is 18.2 Å². The van der Waals surface area contributed by atoms with E-state index in [9.17, 15) is 13.2 Å². The fourth-order valence-corrected chi connectivity index (χ4v) is 2.31. The van der Waals surface area contributed by atoms with E-state index in [1.54, 1.807) is 13.0 Å². The van der Waals surface area contributed by atoms with Gasteiger partial charge in [-0.25, -0.2) is 0 Å². The van der Waals surface area contributed by atoms with Crippen LogP contribution in [0.25, 0.3) is 0 Å². The number of alkyl halides is 3. The molecule has 1 aromatic rings. The van der Waals surface area contributed by atoms with E-state index in [1.807, 2.05) is 0 Å². The average molecular weight is 301 g/mol. The van der Waals surface area contributed by atoms with Gasteiger partial charge < -0.3 is 5.32 Å². The van der Waals surface area contributed by atoms with E-state index in [4.69, 9.17) is 0 Å². The Bertz CT molecular complexity index is 472. The van der Waals surface area contributed by atoms with Crippen LogP contribution in [0.1, 0.15) is 57.2 Å². The molecule has 120 valence electrons. The molecule has 1 aromatic carbocycles. The molecule has 0 saturated heterocycles. The maximum absolute atomic E-state index is 12.7. The summed E-state index contributed by atoms with van der Waals surface area (Å²) in [5, 5.41) is 3.45. The van der Waals surface area contributed by atoms with Gasteiger partial charge in [-0.05, 0) is 69.3 Å². The normalized spacial score (nSPS) is 15.9. The average Bonchev–Trinajstić information content (AvgIpc) is 2.33. The molecule has 0 saturated carbocycles. The van der Waals surface area contributed by atoms with Crippen molar-refractivity contribution in [3.8, 4) is 0 Å². The third kappa shape index (κ3) is 5.34. The van der Waals surface area contributed by atoms with Crippen LogP contribution in [0.5, 0.6) is 0 Å². The summed E-state index contributed by atoms with van der Waals surface area (Å²) in [5.41, 5.74) is 1.17. The van der Waals surface area contributed by atoms with Crippen LogP contribution in [-0.4, -0.2) is 12.1 Å². The minimum atomic E-state index is -4.27. The lowest BCUT2D eigenvalue weighted by Crippen LogP contribution is -2.39. The Hall–Kier alpha value is -1.03. The predicted molar refractivity (Wildman–Crippen MR) is 81.5 cm³/mol. The van der Waals surface area contributed by atoms with Gasteiger partial charge in [0, 0.05) is 5.54 Å². The van der Waals surface area contributed by atoms with Crippen molar-refractivity contribution in [1.29, 1.82) is 0 Å². The predicted octanol–water partition coefficient (Wildman–Crippen LogP) is 5.14. The molecule has 0 aliphatic carbocycles. The van der Waals surface area contributed by atoms with Crippen molar-refractivity contribution in [1.82, 2.24) is 5.32 Å². The number of nitrogens with one attached hydrogen (secondary N) is 1. The lowest BCUT2D eigenvalue weighted by molar-refractivity contribution is -0.137. The summed E-state index contributed by atoms with van der Waals surface area (Å²) in [7, 11) is 0. The number of rotatable bonds is 4. The van der Waals surface area contributed by atoms with Gasteiger partial charge >= 0.3 is 6.18 Å². The molecule has 0 aliphatic heterocycles. The molecule has 0 heterocycles. The van der Waals surface area contributed by atoms with Crippen LogP contribution >= 0.6 is 0 Å². The van der Waals surface area contributed by atoms with E-state index in [0.717, 1.165) is 12.1 Å². The Morgan fingerprint density at radius 1 is 1.10 bits per heavy atom. The van der Waals surface area contributed by atoms with Crippen molar-refractivity contribution in [2.45, 2.75) is 59.2 Å². The SMILES string of the molecule is Cc1cc(C(F)(F)F)ccc1C(C)C(C)CNC(C)(C)C. The van der Waals surface area contributed by atoms with Gasteiger partial charge in [-0.15, -0.1) is 0 Å². The first-order valence-corrected chi connectivity index (χ1v) is 7.34. The monoisotopic (exact) mass is 301 g/mol. The fourth-order valence-electron chi connectivity index (χ4n) is 2.31. The summed E-state index contributed by atoms with van der Waals surface area (Å²) >= 11 is 0. The van der Waals surface area contributed by atoms with E-state index in [0.29, 0.717) is 11.5 Å². The topological polar surface area (TPSA) is 12.0 Å². The van der Waals surface area contributed by atoms with Crippen molar-refractivity contribution >= 4 is 0 Å². The Morgan fingerprint density at radius 2 is 1.67 bits per heavy atom. The molecular weight excluding hydrogens is 275 g/mol. The van der Waals surface area contributed by atoms with E-state index >= 15 is 0 Å². The van der Waals surface area contributed by atoms with Crippen LogP contribution in [0.2, 0.25) is 0 Å². The summed E-state index contributed by atoms with van der Waals surface area (Å²) in [5.74, 6) is 0.557. The van der Waals surface area contributed by atoms with Gasteiger partial charge in [0.1, 0.15) is 0 Å². The summed E-state index contributed by atoms with van der Waals surface area (Å²) in [4.78, 5) is 0. The Kier molecular flexibility index (Phi) is 5.48. The molecule has 4 heteroatoms. The molecule has 0 aliphatic rings. The molecule has 0 spiro atoms. The lowest BCUT2D eigenvalue weighted by Gasteiger charge is -2.27. The van der Waals surface area contributed by atoms with Crippen LogP contribution in [0, 0.1) is 12.8 Å². The van der Waals surface area contributed by atoms with Crippen LogP contribution in [0.3, 0.4) is 0 Å². The molecule has 2 atom stereocenters. The number of hydrogen-bond donors (Lipinski definition) is 1. The smallest absolute Gasteiger partial charge is 0.312 e. The van der Waals surface area contributed by atoms with E-state index in [1.165, 1.54) is 12.1 Å². The van der Waals surface area contributed by atoms with E-state index in [-0.39, 0.29) is 11.5 Å². The van der Waals surface area contributed by atoms with Crippen molar-refractivity contribution in [2.24, 2.45) is 5.92 Å². The van der Waals surface area contributed by atoms with Gasteiger partial charge in [-0.2, -0.15) is 13.2 Å². The molecule has 0 radical (unpaired) electrons. The maximum Gasteiger partial charge on any atom is 0.416 e. The first-order chi connectivity index (χ1) is 9.42. The zero-order valence-corrected chi connectivity index (χ0v) is 13.7. The Morgan fingerprint density at radius 3 is 2.10 bits per heavy atom. The fraction of sp³-hybridized carbons (Fsp3) is 0.647. The summed E-state index contributed by atoms with van der Waals surface area (Å²) in [6.45, 7) is 13.1.